The van der Waals surface area contributed by atoms with Gasteiger partial charge in [0.15, 0.2) is 5.78 Å². The molecule has 0 saturated heterocycles. The second kappa shape index (κ2) is 4.67. The molecule has 2 aliphatic rings. The van der Waals surface area contributed by atoms with Crippen molar-refractivity contribution in [3.8, 4) is 0 Å². The number of ketones is 2. The third kappa shape index (κ3) is 2.53. The van der Waals surface area contributed by atoms with Crippen molar-refractivity contribution in [3.05, 3.63) is 36.1 Å². The molecule has 4 nitrogen and oxygen atoms in total. The van der Waals surface area contributed by atoms with E-state index in [0.29, 0.717) is 18.5 Å². The number of rotatable bonds is 2. The van der Waals surface area contributed by atoms with Crippen molar-refractivity contribution in [2.45, 2.75) is 31.3 Å². The summed E-state index contributed by atoms with van der Waals surface area (Å²) in [5.74, 6) is 0.000969. The van der Waals surface area contributed by atoms with Gasteiger partial charge in [0, 0.05) is 12.1 Å². The highest BCUT2D eigenvalue weighted by Gasteiger charge is 2.29. The molecule has 3 N–H and O–H groups in total. The Morgan fingerprint density at radius 3 is 2.88 bits per heavy atom. The molecule has 0 radical (unpaired) electrons. The van der Waals surface area contributed by atoms with Crippen molar-refractivity contribution in [2.75, 3.05) is 0 Å². The summed E-state index contributed by atoms with van der Waals surface area (Å²) >= 11 is 0. The Labute approximate surface area is 100 Å². The first-order valence-electron chi connectivity index (χ1n) is 5.71. The molecular formula is C13H16N2O2. The van der Waals surface area contributed by atoms with Crippen molar-refractivity contribution in [1.29, 1.82) is 0 Å². The largest absolute Gasteiger partial charge is 0.398 e. The van der Waals surface area contributed by atoms with Gasteiger partial charge in [0.2, 0.25) is 0 Å². The molecule has 2 unspecified atom stereocenters. The smallest absolute Gasteiger partial charge is 0.157 e. The molecular weight excluding hydrogens is 216 g/mol. The van der Waals surface area contributed by atoms with E-state index in [2.05, 4.69) is 11.9 Å². The number of hydrogen-bond acceptors (Lipinski definition) is 4. The first kappa shape index (κ1) is 11.8. The van der Waals surface area contributed by atoms with Crippen LogP contribution in [0.2, 0.25) is 0 Å². The molecule has 2 aliphatic carbocycles. The molecule has 0 amide bonds. The van der Waals surface area contributed by atoms with Crippen LogP contribution in [0.1, 0.15) is 19.3 Å². The Kier molecular flexibility index (Phi) is 3.24. The number of allylic oxidation sites excluding steroid dienone is 2. The van der Waals surface area contributed by atoms with Crippen molar-refractivity contribution < 1.29 is 9.59 Å². The molecule has 0 heterocycles. The lowest BCUT2D eigenvalue weighted by molar-refractivity contribution is -0.131. The summed E-state index contributed by atoms with van der Waals surface area (Å²) in [5.41, 5.74) is 7.17. The fraction of sp³-hybridized carbons (Fsp3) is 0.385. The maximum Gasteiger partial charge on any atom is 0.157 e. The quantitative estimate of drug-likeness (QED) is 0.684. The summed E-state index contributed by atoms with van der Waals surface area (Å²) < 4.78 is 0. The van der Waals surface area contributed by atoms with Crippen LogP contribution in [0.25, 0.3) is 0 Å². The first-order chi connectivity index (χ1) is 8.08. The third-order valence-electron chi connectivity index (χ3n) is 3.18. The molecule has 2 rings (SSSR count). The highest BCUT2D eigenvalue weighted by molar-refractivity contribution is 6.03. The van der Waals surface area contributed by atoms with Gasteiger partial charge in [-0.1, -0.05) is 18.7 Å². The van der Waals surface area contributed by atoms with Gasteiger partial charge in [-0.3, -0.25) is 14.9 Å². The second-order valence-electron chi connectivity index (χ2n) is 4.45. The van der Waals surface area contributed by atoms with Crippen LogP contribution < -0.4 is 11.1 Å². The minimum absolute atomic E-state index is 0.0319. The van der Waals surface area contributed by atoms with E-state index in [4.69, 9.17) is 5.73 Å². The molecule has 0 aromatic rings. The number of carbonyl (C=O) groups excluding carboxylic acids is 2. The van der Waals surface area contributed by atoms with Crippen molar-refractivity contribution in [3.63, 3.8) is 0 Å². The van der Waals surface area contributed by atoms with E-state index >= 15 is 0 Å². The van der Waals surface area contributed by atoms with Gasteiger partial charge in [-0.2, -0.15) is 0 Å². The maximum absolute atomic E-state index is 11.7. The van der Waals surface area contributed by atoms with Crippen molar-refractivity contribution in [1.82, 2.24) is 5.32 Å². The molecule has 4 heteroatoms. The fourth-order valence-corrected chi connectivity index (χ4v) is 2.09. The molecule has 90 valence electrons. The predicted octanol–water partition coefficient (Wildman–Crippen LogP) is 0.604. The van der Waals surface area contributed by atoms with Crippen LogP contribution in [0.5, 0.6) is 0 Å². The van der Waals surface area contributed by atoms with Crippen LogP contribution in [0.4, 0.5) is 0 Å². The third-order valence-corrected chi connectivity index (χ3v) is 3.18. The summed E-state index contributed by atoms with van der Waals surface area (Å²) in [6.45, 7) is 3.90. The van der Waals surface area contributed by atoms with Crippen LogP contribution in [-0.2, 0) is 9.59 Å². The van der Waals surface area contributed by atoms with Crippen molar-refractivity contribution >= 4 is 11.6 Å². The molecule has 2 atom stereocenters. The molecule has 0 aromatic carbocycles. The Balaban J connectivity index is 2.00. The van der Waals surface area contributed by atoms with Gasteiger partial charge in [-0.25, -0.2) is 0 Å². The molecule has 1 saturated carbocycles. The van der Waals surface area contributed by atoms with Gasteiger partial charge in [0.05, 0.1) is 18.5 Å². The number of carbonyl (C=O) groups is 2. The molecule has 1 fully saturated rings. The number of nitrogens with two attached hydrogens (primary N) is 1. The first-order valence-corrected chi connectivity index (χ1v) is 5.71. The van der Waals surface area contributed by atoms with Gasteiger partial charge in [0.1, 0.15) is 5.78 Å². The standard InChI is InChI=1S/C13H16N2O2/c1-8-10(14)3-2-4-11(8)15-12-6-5-9(16)7-13(12)17/h2-4,11-12,15H,1,5-7,14H2. The van der Waals surface area contributed by atoms with Crippen LogP contribution in [-0.4, -0.2) is 23.7 Å². The second-order valence-corrected chi connectivity index (χ2v) is 4.45. The van der Waals surface area contributed by atoms with Gasteiger partial charge in [-0.15, -0.1) is 0 Å². The minimum atomic E-state index is -0.259. The van der Waals surface area contributed by atoms with Crippen LogP contribution >= 0.6 is 0 Å². The van der Waals surface area contributed by atoms with E-state index < -0.39 is 0 Å². The zero-order valence-electron chi connectivity index (χ0n) is 9.61. The van der Waals surface area contributed by atoms with Crippen LogP contribution in [0.3, 0.4) is 0 Å². The number of hydrogen-bond donors (Lipinski definition) is 2. The number of Topliss-reactive ketones (excluding diaryl/α,β-unsaturated/α-hetero) is 2. The lowest BCUT2D eigenvalue weighted by atomic mass is 9.91. The molecule has 17 heavy (non-hydrogen) atoms. The average molecular weight is 232 g/mol. The van der Waals surface area contributed by atoms with E-state index in [9.17, 15) is 9.59 Å². The monoisotopic (exact) mass is 232 g/mol. The minimum Gasteiger partial charge on any atom is -0.398 e. The van der Waals surface area contributed by atoms with E-state index in [1.54, 1.807) is 6.08 Å². The highest BCUT2D eigenvalue weighted by Crippen LogP contribution is 2.18. The van der Waals surface area contributed by atoms with Gasteiger partial charge in [0.25, 0.3) is 0 Å². The predicted molar refractivity (Wildman–Crippen MR) is 65.1 cm³/mol. The summed E-state index contributed by atoms with van der Waals surface area (Å²) in [7, 11) is 0. The lowest BCUT2D eigenvalue weighted by Gasteiger charge is -2.28. The van der Waals surface area contributed by atoms with Gasteiger partial charge in [-0.05, 0) is 18.1 Å². The summed E-state index contributed by atoms with van der Waals surface area (Å²) in [6.07, 6.45) is 6.64. The molecule has 0 bridgehead atoms. The lowest BCUT2D eigenvalue weighted by Crippen LogP contribution is -2.47. The van der Waals surface area contributed by atoms with Crippen LogP contribution in [0, 0.1) is 0 Å². The van der Waals surface area contributed by atoms with E-state index in [-0.39, 0.29) is 30.1 Å². The van der Waals surface area contributed by atoms with Crippen LogP contribution in [0.15, 0.2) is 36.1 Å². The van der Waals surface area contributed by atoms with Crippen molar-refractivity contribution in [2.24, 2.45) is 5.73 Å². The zero-order chi connectivity index (χ0) is 12.4. The molecule has 0 spiro atoms. The van der Waals surface area contributed by atoms with Gasteiger partial charge < -0.3 is 5.73 Å². The zero-order valence-corrected chi connectivity index (χ0v) is 9.61. The normalized spacial score (nSPS) is 29.4. The summed E-state index contributed by atoms with van der Waals surface area (Å²) in [6, 6.07) is -0.368. The average Bonchev–Trinajstić information content (AvgIpc) is 2.28. The Bertz CT molecular complexity index is 435. The summed E-state index contributed by atoms with van der Waals surface area (Å²) in [4.78, 5) is 22.8. The maximum atomic E-state index is 11.7. The Morgan fingerprint density at radius 2 is 2.18 bits per heavy atom. The summed E-state index contributed by atoms with van der Waals surface area (Å²) in [5, 5.41) is 3.20. The van der Waals surface area contributed by atoms with E-state index in [0.717, 1.165) is 5.57 Å². The van der Waals surface area contributed by atoms with Gasteiger partial charge >= 0.3 is 0 Å². The Morgan fingerprint density at radius 1 is 1.41 bits per heavy atom. The highest BCUT2D eigenvalue weighted by atomic mass is 16.2. The number of nitrogens with one attached hydrogen (secondary N) is 1. The van der Waals surface area contributed by atoms with E-state index in [1.807, 2.05) is 12.2 Å². The fourth-order valence-electron chi connectivity index (χ4n) is 2.09. The van der Waals surface area contributed by atoms with E-state index in [1.165, 1.54) is 0 Å². The molecule has 0 aliphatic heterocycles. The Hall–Kier alpha value is -1.68. The topological polar surface area (TPSA) is 72.2 Å². The SMILES string of the molecule is C=C1C(N)=CC=CC1NC1CCC(=O)CC1=O. The molecule has 0 aromatic heterocycles.